The highest BCUT2D eigenvalue weighted by Crippen LogP contribution is 2.28. The highest BCUT2D eigenvalue weighted by atomic mass is 16.4. The number of rotatable bonds is 7. The van der Waals surface area contributed by atoms with Crippen LogP contribution in [-0.4, -0.2) is 30.2 Å². The number of allylic oxidation sites excluding steroid dienone is 3. The Labute approximate surface area is 207 Å². The zero-order valence-corrected chi connectivity index (χ0v) is 20.6. The molecule has 4 rings (SSSR count). The third kappa shape index (κ3) is 4.38. The van der Waals surface area contributed by atoms with Crippen LogP contribution in [0.3, 0.4) is 0 Å². The van der Waals surface area contributed by atoms with Crippen LogP contribution in [0.25, 0.3) is 27.8 Å². The van der Waals surface area contributed by atoms with Gasteiger partial charge in [-0.2, -0.15) is 5.10 Å². The topological polar surface area (TPSA) is 128 Å². The van der Waals surface area contributed by atoms with Gasteiger partial charge in [-0.3, -0.25) is 13.9 Å². The zero-order valence-electron chi connectivity index (χ0n) is 20.6. The number of aromatic nitrogens is 4. The summed E-state index contributed by atoms with van der Waals surface area (Å²) in [6.07, 6.45) is 6.39. The lowest BCUT2D eigenvalue weighted by atomic mass is 10.0. The van der Waals surface area contributed by atoms with Crippen LogP contribution in [0.4, 0.5) is 5.82 Å². The molecule has 9 heteroatoms. The second-order valence-electron chi connectivity index (χ2n) is 8.58. The van der Waals surface area contributed by atoms with Crippen molar-refractivity contribution in [3.05, 3.63) is 94.1 Å². The summed E-state index contributed by atoms with van der Waals surface area (Å²) in [5.41, 5.74) is 10.6. The lowest BCUT2D eigenvalue weighted by Gasteiger charge is -2.21. The number of hydrogen-bond acceptors (Lipinski definition) is 6. The number of carboxylic acids is 1. The summed E-state index contributed by atoms with van der Waals surface area (Å²) in [4.78, 5) is 29.7. The average molecular weight is 485 g/mol. The fourth-order valence-electron chi connectivity index (χ4n) is 4.33. The van der Waals surface area contributed by atoms with E-state index in [9.17, 15) is 14.7 Å². The van der Waals surface area contributed by atoms with Gasteiger partial charge in [0.2, 0.25) is 0 Å². The van der Waals surface area contributed by atoms with Gasteiger partial charge in [-0.05, 0) is 50.6 Å². The van der Waals surface area contributed by atoms with E-state index in [1.807, 2.05) is 45.2 Å². The van der Waals surface area contributed by atoms with E-state index in [4.69, 9.17) is 10.7 Å². The Bertz CT molecular complexity index is 1640. The van der Waals surface area contributed by atoms with E-state index < -0.39 is 5.97 Å². The van der Waals surface area contributed by atoms with E-state index in [-0.39, 0.29) is 17.2 Å². The van der Waals surface area contributed by atoms with E-state index in [0.29, 0.717) is 22.9 Å². The van der Waals surface area contributed by atoms with E-state index >= 15 is 0 Å². The molecule has 3 aromatic heterocycles. The molecular formula is C27H28N6O3. The van der Waals surface area contributed by atoms with E-state index in [0.717, 1.165) is 27.6 Å². The summed E-state index contributed by atoms with van der Waals surface area (Å²) in [5, 5.41) is 17.9. The minimum absolute atomic E-state index is 0.117. The van der Waals surface area contributed by atoms with E-state index in [1.165, 1.54) is 22.6 Å². The van der Waals surface area contributed by atoms with Crippen LogP contribution >= 0.6 is 0 Å². The van der Waals surface area contributed by atoms with Crippen LogP contribution in [0.2, 0.25) is 0 Å². The van der Waals surface area contributed by atoms with Crippen LogP contribution in [-0.2, 0) is 11.8 Å². The highest BCUT2D eigenvalue weighted by molar-refractivity contribution is 5.93. The number of anilines is 1. The Balaban J connectivity index is 1.86. The molecule has 0 amide bonds. The third-order valence-electron chi connectivity index (χ3n) is 6.03. The number of aryl methyl sites for hydroxylation is 2. The first kappa shape index (κ1) is 24.5. The summed E-state index contributed by atoms with van der Waals surface area (Å²) < 4.78 is 3.21. The molecule has 184 valence electrons. The van der Waals surface area contributed by atoms with Crippen molar-refractivity contribution in [1.82, 2.24) is 24.5 Å². The molecule has 0 saturated carbocycles. The molecule has 0 radical (unpaired) electrons. The van der Waals surface area contributed by atoms with Crippen molar-refractivity contribution in [3.63, 3.8) is 0 Å². The summed E-state index contributed by atoms with van der Waals surface area (Å²) in [7, 11) is 1.82. The number of fused-ring (bicyclic) bond motifs is 2. The van der Waals surface area contributed by atoms with Crippen LogP contribution in [0.1, 0.15) is 31.0 Å². The molecular weight excluding hydrogens is 456 g/mol. The maximum Gasteiger partial charge on any atom is 0.337 e. The Morgan fingerprint density at radius 2 is 2.03 bits per heavy atom. The molecule has 1 aromatic carbocycles. The van der Waals surface area contributed by atoms with Crippen molar-refractivity contribution >= 4 is 28.3 Å². The normalized spacial score (nSPS) is 13.2. The number of nitrogens with zero attached hydrogens (tertiary/aromatic N) is 4. The molecule has 1 atom stereocenters. The molecule has 0 fully saturated rings. The molecule has 36 heavy (non-hydrogen) atoms. The van der Waals surface area contributed by atoms with E-state index in [1.54, 1.807) is 23.9 Å². The first-order valence-corrected chi connectivity index (χ1v) is 11.4. The van der Waals surface area contributed by atoms with Gasteiger partial charge in [0, 0.05) is 41.5 Å². The fourth-order valence-corrected chi connectivity index (χ4v) is 4.33. The number of benzene rings is 1. The van der Waals surface area contributed by atoms with Gasteiger partial charge in [0.25, 0.3) is 5.56 Å². The zero-order chi connectivity index (χ0) is 26.1. The largest absolute Gasteiger partial charge is 0.478 e. The van der Waals surface area contributed by atoms with Crippen LogP contribution in [0, 0.1) is 6.92 Å². The number of carboxylic acid groups (broad SMARTS) is 1. The summed E-state index contributed by atoms with van der Waals surface area (Å²) in [5.74, 6) is -0.651. The molecule has 0 saturated heterocycles. The number of nitrogens with two attached hydrogens (primary N) is 1. The van der Waals surface area contributed by atoms with E-state index in [2.05, 4.69) is 17.0 Å². The highest BCUT2D eigenvalue weighted by Gasteiger charge is 2.19. The number of pyridine rings is 1. The standard InChI is InChI=1S/C27H28N6O3/c1-6-8-21(18(7-2)27(35)36)29-16(4)19-11-15(3)14-33-24(34)13-22(30-26(19)33)17-9-10-23-20(12-17)25(28)31-32(23)5/h6-14,16,29H,1H2,2-5H3,(H2,28,31)(H,35,36)/b18-7+,21-8+. The number of nitrogen functional groups attached to an aromatic ring is 1. The number of nitrogens with one attached hydrogen (secondary N) is 1. The molecule has 0 spiro atoms. The maximum absolute atomic E-state index is 13.2. The predicted molar refractivity (Wildman–Crippen MR) is 142 cm³/mol. The first-order chi connectivity index (χ1) is 17.1. The van der Waals surface area contributed by atoms with Crippen LogP contribution in [0.5, 0.6) is 0 Å². The Morgan fingerprint density at radius 1 is 1.28 bits per heavy atom. The second kappa shape index (κ2) is 9.53. The van der Waals surface area contributed by atoms with Crippen LogP contribution < -0.4 is 16.6 Å². The predicted octanol–water partition coefficient (Wildman–Crippen LogP) is 3.89. The Kier molecular flexibility index (Phi) is 6.48. The molecule has 0 aliphatic heterocycles. The van der Waals surface area contributed by atoms with Gasteiger partial charge >= 0.3 is 5.97 Å². The second-order valence-corrected chi connectivity index (χ2v) is 8.58. The third-order valence-corrected chi connectivity index (χ3v) is 6.03. The SMILES string of the molecule is C=C/C=C(NC(C)c1cc(C)cn2c(=O)cc(-c3ccc4c(c3)c(N)nn4C)nc12)\C(=C/C)C(=O)O. The summed E-state index contributed by atoms with van der Waals surface area (Å²) in [6, 6.07) is 8.71. The summed E-state index contributed by atoms with van der Waals surface area (Å²) >= 11 is 0. The van der Waals surface area contributed by atoms with Gasteiger partial charge < -0.3 is 16.2 Å². The molecule has 1 unspecified atom stereocenters. The maximum atomic E-state index is 13.2. The molecule has 0 bridgehead atoms. The molecule has 9 nitrogen and oxygen atoms in total. The number of aliphatic carboxylic acids is 1. The van der Waals surface area contributed by atoms with Gasteiger partial charge in [-0.1, -0.05) is 24.8 Å². The number of carbonyl (C=O) groups is 1. The Morgan fingerprint density at radius 3 is 2.69 bits per heavy atom. The lowest BCUT2D eigenvalue weighted by molar-refractivity contribution is -0.132. The molecule has 4 aromatic rings. The van der Waals surface area contributed by atoms with Crippen molar-refractivity contribution in [3.8, 4) is 11.3 Å². The first-order valence-electron chi connectivity index (χ1n) is 11.4. The minimum atomic E-state index is -1.05. The van der Waals surface area contributed by atoms with Gasteiger partial charge in [-0.15, -0.1) is 0 Å². The lowest BCUT2D eigenvalue weighted by Crippen LogP contribution is -2.24. The van der Waals surface area contributed by atoms with Crippen molar-refractivity contribution < 1.29 is 9.90 Å². The van der Waals surface area contributed by atoms with Crippen molar-refractivity contribution in [2.75, 3.05) is 5.73 Å². The van der Waals surface area contributed by atoms with Gasteiger partial charge in [0.1, 0.15) is 5.65 Å². The van der Waals surface area contributed by atoms with Crippen LogP contribution in [0.15, 0.2) is 77.4 Å². The number of hydrogen-bond donors (Lipinski definition) is 3. The minimum Gasteiger partial charge on any atom is -0.478 e. The van der Waals surface area contributed by atoms with Gasteiger partial charge in [0.15, 0.2) is 5.82 Å². The van der Waals surface area contributed by atoms with Gasteiger partial charge in [0.05, 0.1) is 22.8 Å². The smallest absolute Gasteiger partial charge is 0.337 e. The van der Waals surface area contributed by atoms with Gasteiger partial charge in [-0.25, -0.2) is 9.78 Å². The van der Waals surface area contributed by atoms with Crippen molar-refractivity contribution in [1.29, 1.82) is 0 Å². The molecule has 3 heterocycles. The molecule has 0 aliphatic carbocycles. The monoisotopic (exact) mass is 484 g/mol. The summed E-state index contributed by atoms with van der Waals surface area (Å²) in [6.45, 7) is 9.14. The Hall–Kier alpha value is -4.66. The quantitative estimate of drug-likeness (QED) is 0.268. The molecule has 0 aliphatic rings. The molecule has 4 N–H and O–H groups in total. The van der Waals surface area contributed by atoms with Crippen molar-refractivity contribution in [2.45, 2.75) is 26.8 Å². The fraction of sp³-hybridized carbons (Fsp3) is 0.185. The average Bonchev–Trinajstić information content (AvgIpc) is 3.12. The van der Waals surface area contributed by atoms with Crippen molar-refractivity contribution in [2.24, 2.45) is 7.05 Å².